The molecule has 34 heavy (non-hydrogen) atoms. The number of aromatic nitrogens is 2. The number of nitrogens with one attached hydrogen (secondary N) is 2. The molecule has 176 valence electrons. The average Bonchev–Trinajstić information content (AvgIpc) is 3.46. The van der Waals surface area contributed by atoms with E-state index in [1.165, 1.54) is 47.6 Å². The van der Waals surface area contributed by atoms with Crippen molar-refractivity contribution in [2.45, 2.75) is 12.8 Å². The molecule has 3 aromatic rings. The second-order valence-corrected chi connectivity index (χ2v) is 8.67. The third-order valence-electron chi connectivity index (χ3n) is 5.29. The first kappa shape index (κ1) is 23.3. The molecule has 1 unspecified atom stereocenters. The zero-order valence-electron chi connectivity index (χ0n) is 18.3. The summed E-state index contributed by atoms with van der Waals surface area (Å²) < 4.78 is 18.3. The van der Waals surface area contributed by atoms with Gasteiger partial charge in [0.1, 0.15) is 16.6 Å². The smallest absolute Gasteiger partial charge is 0.251 e. The van der Waals surface area contributed by atoms with E-state index in [2.05, 4.69) is 20.8 Å². The van der Waals surface area contributed by atoms with Gasteiger partial charge in [0.15, 0.2) is 0 Å². The van der Waals surface area contributed by atoms with E-state index in [4.69, 9.17) is 4.74 Å². The second kappa shape index (κ2) is 10.4. The van der Waals surface area contributed by atoms with Gasteiger partial charge in [-0.05, 0) is 42.5 Å². The molecule has 1 aromatic heterocycles. The van der Waals surface area contributed by atoms with Crippen molar-refractivity contribution >= 4 is 39.9 Å². The molecule has 0 spiro atoms. The van der Waals surface area contributed by atoms with Crippen molar-refractivity contribution in [3.05, 3.63) is 64.9 Å². The van der Waals surface area contributed by atoms with Crippen LogP contribution in [-0.4, -0.2) is 48.1 Å². The van der Waals surface area contributed by atoms with Crippen LogP contribution in [0.5, 0.6) is 5.75 Å². The van der Waals surface area contributed by atoms with Crippen molar-refractivity contribution < 1.29 is 23.5 Å². The van der Waals surface area contributed by atoms with Gasteiger partial charge in [-0.2, -0.15) is 0 Å². The Morgan fingerprint density at radius 3 is 2.76 bits per heavy atom. The molecular weight excluding hydrogens is 461 g/mol. The number of benzene rings is 2. The zero-order valence-corrected chi connectivity index (χ0v) is 19.1. The minimum atomic E-state index is -0.549. The summed E-state index contributed by atoms with van der Waals surface area (Å²) in [7, 11) is 1.54. The van der Waals surface area contributed by atoms with Gasteiger partial charge in [0, 0.05) is 37.2 Å². The molecule has 1 aliphatic rings. The Bertz CT molecular complexity index is 1200. The third kappa shape index (κ3) is 5.54. The monoisotopic (exact) mass is 483 g/mol. The van der Waals surface area contributed by atoms with E-state index in [0.29, 0.717) is 40.1 Å². The maximum Gasteiger partial charge on any atom is 0.251 e. The van der Waals surface area contributed by atoms with Crippen LogP contribution >= 0.6 is 11.3 Å². The van der Waals surface area contributed by atoms with Crippen molar-refractivity contribution in [1.82, 2.24) is 15.5 Å². The Labute approximate surface area is 198 Å². The van der Waals surface area contributed by atoms with Gasteiger partial charge in [-0.15, -0.1) is 10.2 Å². The fourth-order valence-corrected chi connectivity index (χ4v) is 4.26. The molecule has 1 fully saturated rings. The molecule has 3 amide bonds. The molecule has 9 nitrogen and oxygen atoms in total. The van der Waals surface area contributed by atoms with Crippen molar-refractivity contribution in [2.75, 3.05) is 30.4 Å². The third-order valence-corrected chi connectivity index (χ3v) is 6.19. The van der Waals surface area contributed by atoms with Gasteiger partial charge in [-0.25, -0.2) is 4.39 Å². The van der Waals surface area contributed by atoms with Gasteiger partial charge in [0.05, 0.1) is 13.0 Å². The average molecular weight is 484 g/mol. The highest BCUT2D eigenvalue weighted by Gasteiger charge is 2.35. The minimum Gasteiger partial charge on any atom is -0.497 e. The molecule has 0 aliphatic carbocycles. The van der Waals surface area contributed by atoms with Crippen LogP contribution in [0.25, 0.3) is 0 Å². The number of nitrogens with zero attached hydrogens (tertiary/aromatic N) is 3. The summed E-state index contributed by atoms with van der Waals surface area (Å²) in [6.45, 7) is 0.556. The summed E-state index contributed by atoms with van der Waals surface area (Å²) in [6, 6.07) is 12.4. The summed E-state index contributed by atoms with van der Waals surface area (Å²) in [5, 5.41) is 14.5. The van der Waals surface area contributed by atoms with Crippen LogP contribution in [0.4, 0.5) is 15.2 Å². The number of ether oxygens (including phenoxy) is 1. The largest absolute Gasteiger partial charge is 0.497 e. The number of carbonyl (C=O) groups excluding carboxylic acids is 3. The van der Waals surface area contributed by atoms with Gasteiger partial charge in [0.25, 0.3) is 5.91 Å². The molecule has 1 atom stereocenters. The predicted octanol–water partition coefficient (Wildman–Crippen LogP) is 2.65. The number of halogens is 1. The summed E-state index contributed by atoms with van der Waals surface area (Å²) in [6.07, 6.45) is 0.509. The number of methoxy groups -OCH3 is 1. The first-order valence-corrected chi connectivity index (χ1v) is 11.4. The van der Waals surface area contributed by atoms with Gasteiger partial charge >= 0.3 is 0 Å². The van der Waals surface area contributed by atoms with E-state index in [9.17, 15) is 18.8 Å². The van der Waals surface area contributed by atoms with Crippen LogP contribution in [0.2, 0.25) is 0 Å². The summed E-state index contributed by atoms with van der Waals surface area (Å²) in [5.41, 5.74) is 1.04. The van der Waals surface area contributed by atoms with Crippen molar-refractivity contribution in [2.24, 2.45) is 5.92 Å². The lowest BCUT2D eigenvalue weighted by atomic mass is 10.1. The number of carbonyl (C=O) groups is 3. The van der Waals surface area contributed by atoms with E-state index < -0.39 is 11.7 Å². The molecule has 11 heteroatoms. The Morgan fingerprint density at radius 1 is 1.21 bits per heavy atom. The fraction of sp³-hybridized carbons (Fsp3) is 0.261. The molecule has 0 saturated carbocycles. The predicted molar refractivity (Wildman–Crippen MR) is 124 cm³/mol. The standard InChI is InChI=1S/C23H22FN5O4S/c1-33-18-4-2-3-14(11-18)21(31)25-10-9-19-27-28-23(34-19)26-22(32)15-12-20(30)29(13-15)17-7-5-16(24)6-8-17/h2-8,11,15H,9-10,12-13H2,1H3,(H,25,31)(H,26,28,32). The summed E-state index contributed by atoms with van der Waals surface area (Å²) >= 11 is 1.21. The lowest BCUT2D eigenvalue weighted by Crippen LogP contribution is -2.28. The van der Waals surface area contributed by atoms with Gasteiger partial charge in [-0.3, -0.25) is 14.4 Å². The van der Waals surface area contributed by atoms with Gasteiger partial charge < -0.3 is 20.3 Å². The van der Waals surface area contributed by atoms with E-state index in [1.807, 2.05) is 0 Å². The highest BCUT2D eigenvalue weighted by atomic mass is 32.1. The highest BCUT2D eigenvalue weighted by molar-refractivity contribution is 7.15. The molecular formula is C23H22FN5O4S. The van der Waals surface area contributed by atoms with E-state index in [1.54, 1.807) is 24.3 Å². The van der Waals surface area contributed by atoms with Gasteiger partial charge in [-0.1, -0.05) is 17.4 Å². The number of anilines is 2. The molecule has 0 bridgehead atoms. The fourth-order valence-electron chi connectivity index (χ4n) is 3.52. The SMILES string of the molecule is COc1cccc(C(=O)NCCc2nnc(NC(=O)C3CC(=O)N(c4ccc(F)cc4)C3)s2)c1. The molecule has 1 aliphatic heterocycles. The Morgan fingerprint density at radius 2 is 2.00 bits per heavy atom. The maximum absolute atomic E-state index is 13.1. The summed E-state index contributed by atoms with van der Waals surface area (Å²) in [4.78, 5) is 38.7. The Kier molecular flexibility index (Phi) is 7.12. The molecule has 2 aromatic carbocycles. The van der Waals surface area contributed by atoms with E-state index in [-0.39, 0.29) is 30.7 Å². The molecule has 4 rings (SSSR count). The normalized spacial score (nSPS) is 15.3. The van der Waals surface area contributed by atoms with Crippen LogP contribution in [0, 0.1) is 11.7 Å². The summed E-state index contributed by atoms with van der Waals surface area (Å²) in [5.74, 6) is -1.09. The molecule has 2 N–H and O–H groups in total. The van der Waals surface area contributed by atoms with Crippen LogP contribution in [0.1, 0.15) is 21.8 Å². The molecule has 0 radical (unpaired) electrons. The topological polar surface area (TPSA) is 114 Å². The Hall–Kier alpha value is -3.86. The first-order chi connectivity index (χ1) is 16.4. The van der Waals surface area contributed by atoms with E-state index >= 15 is 0 Å². The highest BCUT2D eigenvalue weighted by Crippen LogP contribution is 2.26. The number of hydrogen-bond acceptors (Lipinski definition) is 7. The quantitative estimate of drug-likeness (QED) is 0.509. The van der Waals surface area contributed by atoms with Crippen LogP contribution in [0.3, 0.4) is 0 Å². The van der Waals surface area contributed by atoms with Crippen LogP contribution in [-0.2, 0) is 16.0 Å². The molecule has 1 saturated heterocycles. The first-order valence-electron chi connectivity index (χ1n) is 10.5. The maximum atomic E-state index is 13.1. The number of hydrogen-bond donors (Lipinski definition) is 2. The zero-order chi connectivity index (χ0) is 24.1. The lowest BCUT2D eigenvalue weighted by Gasteiger charge is -2.16. The van der Waals surface area contributed by atoms with Gasteiger partial charge in [0.2, 0.25) is 16.9 Å². The van der Waals surface area contributed by atoms with E-state index in [0.717, 1.165) is 0 Å². The van der Waals surface area contributed by atoms with Crippen molar-refractivity contribution in [3.8, 4) is 5.75 Å². The Balaban J connectivity index is 1.26. The van der Waals surface area contributed by atoms with Crippen molar-refractivity contribution in [3.63, 3.8) is 0 Å². The lowest BCUT2D eigenvalue weighted by molar-refractivity contribution is -0.122. The van der Waals surface area contributed by atoms with Crippen molar-refractivity contribution in [1.29, 1.82) is 0 Å². The van der Waals surface area contributed by atoms with Crippen LogP contribution in [0.15, 0.2) is 48.5 Å². The number of amides is 3. The molecule has 2 heterocycles. The second-order valence-electron chi connectivity index (χ2n) is 7.61. The minimum absolute atomic E-state index is 0.0607. The number of rotatable bonds is 8. The van der Waals surface area contributed by atoms with Crippen LogP contribution < -0.4 is 20.3 Å².